The molecule has 0 aliphatic heterocycles. The summed E-state index contributed by atoms with van der Waals surface area (Å²) in [6, 6.07) is 1.77. The number of hydrogen-bond acceptors (Lipinski definition) is 3. The van der Waals surface area contributed by atoms with Crippen molar-refractivity contribution in [2.45, 2.75) is 12.3 Å². The summed E-state index contributed by atoms with van der Waals surface area (Å²) in [5.41, 5.74) is 4.51. The van der Waals surface area contributed by atoms with Crippen molar-refractivity contribution in [2.75, 3.05) is 6.54 Å². The molecule has 2 N–H and O–H groups in total. The molecule has 0 bridgehead atoms. The number of nitro groups is 1. The van der Waals surface area contributed by atoms with Crippen LogP contribution in [0.4, 0.5) is 14.5 Å². The molecule has 2 atom stereocenters. The lowest BCUT2D eigenvalue weighted by Crippen LogP contribution is -2.05. The predicted octanol–water partition coefficient (Wildman–Crippen LogP) is 1.94. The van der Waals surface area contributed by atoms with Gasteiger partial charge in [0.2, 0.25) is 5.82 Å². The smallest absolute Gasteiger partial charge is 0.305 e. The highest BCUT2D eigenvalue weighted by Gasteiger charge is 2.42. The second-order valence-electron chi connectivity index (χ2n) is 3.89. The average Bonchev–Trinajstić information content (AvgIpc) is 2.96. The fraction of sp³-hybridized carbons (Fsp3) is 0.400. The number of hydrogen-bond donors (Lipinski definition) is 1. The molecule has 2 unspecified atom stereocenters. The zero-order valence-corrected chi connectivity index (χ0v) is 8.32. The molecule has 86 valence electrons. The highest BCUT2D eigenvalue weighted by molar-refractivity contribution is 5.41. The van der Waals surface area contributed by atoms with Crippen LogP contribution in [0.5, 0.6) is 0 Å². The highest BCUT2D eigenvalue weighted by Crippen LogP contribution is 2.49. The predicted molar refractivity (Wildman–Crippen MR) is 52.9 cm³/mol. The first-order valence-electron chi connectivity index (χ1n) is 4.88. The van der Waals surface area contributed by atoms with Crippen LogP contribution in [-0.4, -0.2) is 11.5 Å². The summed E-state index contributed by atoms with van der Waals surface area (Å²) in [6.45, 7) is 0.340. The molecule has 0 aromatic heterocycles. The van der Waals surface area contributed by atoms with Crippen molar-refractivity contribution in [2.24, 2.45) is 11.7 Å². The molecule has 6 heteroatoms. The van der Waals surface area contributed by atoms with Gasteiger partial charge in [-0.2, -0.15) is 4.39 Å². The van der Waals surface area contributed by atoms with Crippen molar-refractivity contribution in [1.29, 1.82) is 0 Å². The average molecular weight is 228 g/mol. The van der Waals surface area contributed by atoms with Crippen molar-refractivity contribution in [3.63, 3.8) is 0 Å². The second kappa shape index (κ2) is 3.79. The van der Waals surface area contributed by atoms with E-state index in [1.807, 2.05) is 0 Å². The first-order valence-corrected chi connectivity index (χ1v) is 4.88. The Balaban J connectivity index is 2.44. The van der Waals surface area contributed by atoms with E-state index in [2.05, 4.69) is 0 Å². The van der Waals surface area contributed by atoms with Crippen LogP contribution < -0.4 is 5.73 Å². The molecule has 2 rings (SSSR count). The van der Waals surface area contributed by atoms with Crippen LogP contribution in [0, 0.1) is 27.7 Å². The molecule has 1 saturated carbocycles. The molecule has 4 nitrogen and oxygen atoms in total. The Kier molecular flexibility index (Phi) is 2.59. The molecule has 0 spiro atoms. The molecule has 0 amide bonds. The number of nitro benzene ring substituents is 1. The summed E-state index contributed by atoms with van der Waals surface area (Å²) >= 11 is 0. The van der Waals surface area contributed by atoms with E-state index in [-0.39, 0.29) is 17.4 Å². The topological polar surface area (TPSA) is 69.2 Å². The zero-order chi connectivity index (χ0) is 11.9. The van der Waals surface area contributed by atoms with Gasteiger partial charge in [-0.1, -0.05) is 0 Å². The molecular weight excluding hydrogens is 218 g/mol. The molecule has 0 radical (unpaired) electrons. The molecule has 1 fully saturated rings. The van der Waals surface area contributed by atoms with Gasteiger partial charge < -0.3 is 5.73 Å². The van der Waals surface area contributed by atoms with E-state index in [0.717, 1.165) is 12.1 Å². The molecule has 1 aliphatic rings. The summed E-state index contributed by atoms with van der Waals surface area (Å²) in [5, 5.41) is 10.5. The SMILES string of the molecule is NCC1CC1c1c(F)ccc([N+](=O)[O-])c1F. The zero-order valence-electron chi connectivity index (χ0n) is 8.32. The van der Waals surface area contributed by atoms with Gasteiger partial charge in [-0.15, -0.1) is 0 Å². The van der Waals surface area contributed by atoms with E-state index in [1.54, 1.807) is 0 Å². The van der Waals surface area contributed by atoms with Gasteiger partial charge in [-0.25, -0.2) is 4.39 Å². The first kappa shape index (κ1) is 10.9. The van der Waals surface area contributed by atoms with Gasteiger partial charge in [0.05, 0.1) is 4.92 Å². The minimum atomic E-state index is -1.06. The summed E-state index contributed by atoms with van der Waals surface area (Å²) < 4.78 is 27.1. The van der Waals surface area contributed by atoms with Crippen LogP contribution in [0.1, 0.15) is 17.9 Å². The molecule has 16 heavy (non-hydrogen) atoms. The lowest BCUT2D eigenvalue weighted by Gasteiger charge is -2.04. The minimum Gasteiger partial charge on any atom is -0.330 e. The van der Waals surface area contributed by atoms with Crippen LogP contribution in [0.25, 0.3) is 0 Å². The fourth-order valence-corrected chi connectivity index (χ4v) is 1.90. The number of nitrogens with zero attached hydrogens (tertiary/aromatic N) is 1. The van der Waals surface area contributed by atoms with Crippen LogP contribution >= 0.6 is 0 Å². The third-order valence-corrected chi connectivity index (χ3v) is 2.90. The van der Waals surface area contributed by atoms with Crippen LogP contribution in [0.2, 0.25) is 0 Å². The van der Waals surface area contributed by atoms with Gasteiger partial charge >= 0.3 is 5.69 Å². The van der Waals surface area contributed by atoms with Crippen LogP contribution in [-0.2, 0) is 0 Å². The summed E-state index contributed by atoms with van der Waals surface area (Å²) in [4.78, 5) is 9.65. The van der Waals surface area contributed by atoms with E-state index in [9.17, 15) is 18.9 Å². The third kappa shape index (κ3) is 1.65. The van der Waals surface area contributed by atoms with Gasteiger partial charge in [0.1, 0.15) is 5.82 Å². The molecule has 0 heterocycles. The number of benzene rings is 1. The quantitative estimate of drug-likeness (QED) is 0.634. The van der Waals surface area contributed by atoms with Crippen molar-refractivity contribution in [3.8, 4) is 0 Å². The van der Waals surface area contributed by atoms with E-state index < -0.39 is 22.2 Å². The van der Waals surface area contributed by atoms with E-state index >= 15 is 0 Å². The summed E-state index contributed by atoms with van der Waals surface area (Å²) in [7, 11) is 0. The molecule has 1 aliphatic carbocycles. The monoisotopic (exact) mass is 228 g/mol. The standard InChI is InChI=1S/C10H10F2N2O2/c11-7-1-2-8(14(15)16)10(12)9(7)6-3-5(6)4-13/h1-2,5-6H,3-4,13H2. The highest BCUT2D eigenvalue weighted by atomic mass is 19.1. The molecule has 0 saturated heterocycles. The van der Waals surface area contributed by atoms with Gasteiger partial charge in [-0.3, -0.25) is 10.1 Å². The maximum absolute atomic E-state index is 13.7. The Morgan fingerprint density at radius 3 is 2.69 bits per heavy atom. The Bertz CT molecular complexity index is 451. The van der Waals surface area contributed by atoms with Crippen molar-refractivity contribution in [3.05, 3.63) is 39.4 Å². The Morgan fingerprint density at radius 1 is 1.50 bits per heavy atom. The Labute approximate surface area is 90.2 Å². The number of halogens is 2. The van der Waals surface area contributed by atoms with E-state index in [1.165, 1.54) is 0 Å². The van der Waals surface area contributed by atoms with Gasteiger partial charge in [0.15, 0.2) is 0 Å². The van der Waals surface area contributed by atoms with Crippen molar-refractivity contribution in [1.82, 2.24) is 0 Å². The van der Waals surface area contributed by atoms with Gasteiger partial charge in [0.25, 0.3) is 0 Å². The maximum atomic E-state index is 13.7. The van der Waals surface area contributed by atoms with Crippen LogP contribution in [0.15, 0.2) is 12.1 Å². The van der Waals surface area contributed by atoms with E-state index in [0.29, 0.717) is 13.0 Å². The van der Waals surface area contributed by atoms with Gasteiger partial charge in [0, 0.05) is 11.6 Å². The summed E-state index contributed by atoms with van der Waals surface area (Å²) in [6.07, 6.45) is 0.589. The largest absolute Gasteiger partial charge is 0.330 e. The lowest BCUT2D eigenvalue weighted by molar-refractivity contribution is -0.387. The Morgan fingerprint density at radius 2 is 2.19 bits per heavy atom. The fourth-order valence-electron chi connectivity index (χ4n) is 1.90. The lowest BCUT2D eigenvalue weighted by atomic mass is 10.1. The van der Waals surface area contributed by atoms with Crippen molar-refractivity contribution < 1.29 is 13.7 Å². The second-order valence-corrected chi connectivity index (χ2v) is 3.89. The van der Waals surface area contributed by atoms with Crippen LogP contribution in [0.3, 0.4) is 0 Å². The Hall–Kier alpha value is -1.56. The number of nitrogens with two attached hydrogens (primary N) is 1. The number of rotatable bonds is 3. The molecule has 1 aromatic carbocycles. The first-order chi connectivity index (χ1) is 7.56. The molecule has 1 aromatic rings. The van der Waals surface area contributed by atoms with Gasteiger partial charge in [-0.05, 0) is 30.9 Å². The van der Waals surface area contributed by atoms with E-state index in [4.69, 9.17) is 5.73 Å². The normalized spacial score (nSPS) is 23.2. The maximum Gasteiger partial charge on any atom is 0.305 e. The third-order valence-electron chi connectivity index (χ3n) is 2.90. The minimum absolute atomic E-state index is 0.0333. The van der Waals surface area contributed by atoms with Crippen molar-refractivity contribution >= 4 is 5.69 Å². The molecular formula is C10H10F2N2O2. The summed E-state index contributed by atoms with van der Waals surface area (Å²) in [5.74, 6) is -2.08.